The van der Waals surface area contributed by atoms with Gasteiger partial charge in [0.2, 0.25) is 11.6 Å². The first-order chi connectivity index (χ1) is 10.3. The van der Waals surface area contributed by atoms with E-state index in [-0.39, 0.29) is 0 Å². The third-order valence-corrected chi connectivity index (χ3v) is 4.10. The molecule has 0 atom stereocenters. The maximum atomic E-state index is 12.5. The molecule has 0 saturated heterocycles. The van der Waals surface area contributed by atoms with Crippen molar-refractivity contribution in [1.29, 1.82) is 0 Å². The quantitative estimate of drug-likeness (QED) is 0.525. The van der Waals surface area contributed by atoms with E-state index >= 15 is 0 Å². The molecule has 0 unspecified atom stereocenters. The summed E-state index contributed by atoms with van der Waals surface area (Å²) in [6.07, 6.45) is 0. The van der Waals surface area contributed by atoms with E-state index in [1.54, 1.807) is 47.7 Å². The summed E-state index contributed by atoms with van der Waals surface area (Å²) in [4.78, 5) is 25.8. The molecule has 0 aliphatic rings. The number of hydrogen-bond donors (Lipinski definition) is 0. The smallest absolute Gasteiger partial charge is 0.234 e. The Balaban J connectivity index is 2.02. The van der Waals surface area contributed by atoms with Gasteiger partial charge in [-0.05, 0) is 11.4 Å². The lowest BCUT2D eigenvalue weighted by atomic mass is 9.97. The molecule has 1 aromatic heterocycles. The lowest BCUT2D eigenvalue weighted by Crippen LogP contribution is -2.15. The molecule has 2 nitrogen and oxygen atoms in total. The van der Waals surface area contributed by atoms with E-state index in [2.05, 4.69) is 0 Å². The van der Waals surface area contributed by atoms with Gasteiger partial charge in [-0.15, -0.1) is 11.3 Å². The van der Waals surface area contributed by atoms with E-state index < -0.39 is 11.6 Å². The lowest BCUT2D eigenvalue weighted by molar-refractivity contribution is 0.0817. The highest BCUT2D eigenvalue weighted by atomic mass is 32.1. The Hall–Kier alpha value is -2.52. The van der Waals surface area contributed by atoms with Gasteiger partial charge in [0.25, 0.3) is 0 Å². The zero-order chi connectivity index (χ0) is 14.7. The first-order valence-corrected chi connectivity index (χ1v) is 7.42. The second-order valence-corrected chi connectivity index (χ2v) is 5.49. The van der Waals surface area contributed by atoms with Crippen molar-refractivity contribution >= 4 is 22.9 Å². The third-order valence-electron chi connectivity index (χ3n) is 3.20. The van der Waals surface area contributed by atoms with Gasteiger partial charge in [-0.1, -0.05) is 60.7 Å². The maximum absolute atomic E-state index is 12.5. The van der Waals surface area contributed by atoms with Crippen molar-refractivity contribution in [3.05, 3.63) is 83.2 Å². The monoisotopic (exact) mass is 292 g/mol. The maximum Gasteiger partial charge on any atom is 0.234 e. The van der Waals surface area contributed by atoms with Crippen molar-refractivity contribution in [2.45, 2.75) is 0 Å². The predicted molar refractivity (Wildman–Crippen MR) is 84.9 cm³/mol. The zero-order valence-corrected chi connectivity index (χ0v) is 12.0. The van der Waals surface area contributed by atoms with Crippen LogP contribution >= 0.6 is 11.3 Å². The number of carbonyl (C=O) groups excluding carboxylic acids is 2. The molecule has 0 fully saturated rings. The van der Waals surface area contributed by atoms with Crippen LogP contribution in [0, 0.1) is 0 Å². The lowest BCUT2D eigenvalue weighted by Gasteiger charge is -2.06. The number of hydrogen-bond acceptors (Lipinski definition) is 3. The van der Waals surface area contributed by atoms with E-state index in [1.807, 2.05) is 35.7 Å². The molecule has 0 saturated carbocycles. The molecule has 0 amide bonds. The van der Waals surface area contributed by atoms with Crippen molar-refractivity contribution in [1.82, 2.24) is 0 Å². The molecule has 1 heterocycles. The number of Topliss-reactive ketones (excluding diaryl/α,β-unsaturated/α-hetero) is 2. The highest BCUT2D eigenvalue weighted by Crippen LogP contribution is 2.28. The largest absolute Gasteiger partial charge is 0.285 e. The topological polar surface area (TPSA) is 34.1 Å². The molecule has 3 rings (SSSR count). The number of carbonyl (C=O) groups is 2. The Kier molecular flexibility index (Phi) is 3.75. The Labute approximate surface area is 126 Å². The van der Waals surface area contributed by atoms with E-state index in [9.17, 15) is 9.59 Å². The molecule has 3 aromatic rings. The number of rotatable bonds is 4. The second kappa shape index (κ2) is 5.85. The van der Waals surface area contributed by atoms with Gasteiger partial charge in [-0.25, -0.2) is 0 Å². The molecule has 0 spiro atoms. The minimum Gasteiger partial charge on any atom is -0.285 e. The highest BCUT2D eigenvalue weighted by Gasteiger charge is 2.21. The van der Waals surface area contributed by atoms with E-state index in [4.69, 9.17) is 0 Å². The average molecular weight is 292 g/mol. The van der Waals surface area contributed by atoms with Crippen molar-refractivity contribution < 1.29 is 9.59 Å². The normalized spacial score (nSPS) is 10.3. The summed E-state index contributed by atoms with van der Waals surface area (Å²) < 4.78 is 0. The van der Waals surface area contributed by atoms with Crippen LogP contribution in [0.2, 0.25) is 0 Å². The van der Waals surface area contributed by atoms with Gasteiger partial charge in [0.05, 0.1) is 0 Å². The van der Waals surface area contributed by atoms with Crippen LogP contribution in [0.4, 0.5) is 0 Å². The number of thiophene rings is 1. The molecule has 0 aliphatic carbocycles. The van der Waals surface area contributed by atoms with Gasteiger partial charge in [-0.3, -0.25) is 9.59 Å². The van der Waals surface area contributed by atoms with Gasteiger partial charge in [0.1, 0.15) is 0 Å². The summed E-state index contributed by atoms with van der Waals surface area (Å²) >= 11 is 1.55. The van der Waals surface area contributed by atoms with Crippen molar-refractivity contribution in [2.75, 3.05) is 0 Å². The first-order valence-electron chi connectivity index (χ1n) is 6.54. The molecule has 0 N–H and O–H groups in total. The molecule has 2 aromatic carbocycles. The van der Waals surface area contributed by atoms with E-state index in [1.165, 1.54) is 0 Å². The standard InChI is InChI=1S/C18H12O2S/c19-17(13-7-2-1-3-8-13)18(20)15-10-5-4-9-14(15)16-11-6-12-21-16/h1-12H. The second-order valence-electron chi connectivity index (χ2n) is 4.55. The van der Waals surface area contributed by atoms with Crippen LogP contribution in [0.1, 0.15) is 20.7 Å². The van der Waals surface area contributed by atoms with Crippen molar-refractivity contribution in [3.63, 3.8) is 0 Å². The van der Waals surface area contributed by atoms with Crippen LogP contribution in [0.15, 0.2) is 72.1 Å². The predicted octanol–water partition coefficient (Wildman–Crippen LogP) is 4.48. The van der Waals surface area contributed by atoms with Crippen molar-refractivity contribution in [2.24, 2.45) is 0 Å². The van der Waals surface area contributed by atoms with Gasteiger partial charge in [0, 0.05) is 21.6 Å². The van der Waals surface area contributed by atoms with Gasteiger partial charge >= 0.3 is 0 Å². The third kappa shape index (κ3) is 2.69. The Morgan fingerprint density at radius 3 is 2.14 bits per heavy atom. The molecule has 102 valence electrons. The summed E-state index contributed by atoms with van der Waals surface area (Å²) in [5.41, 5.74) is 1.68. The molecular formula is C18H12O2S. The fourth-order valence-electron chi connectivity index (χ4n) is 2.17. The minimum absolute atomic E-state index is 0.420. The highest BCUT2D eigenvalue weighted by molar-refractivity contribution is 7.13. The summed E-state index contributed by atoms with van der Waals surface area (Å²) in [5.74, 6) is -0.940. The average Bonchev–Trinajstić information content (AvgIpc) is 3.08. The fourth-order valence-corrected chi connectivity index (χ4v) is 2.94. The van der Waals surface area contributed by atoms with Crippen LogP contribution in [-0.2, 0) is 0 Å². The van der Waals surface area contributed by atoms with Crippen LogP contribution in [0.5, 0.6) is 0 Å². The summed E-state index contributed by atoms with van der Waals surface area (Å²) in [6.45, 7) is 0. The SMILES string of the molecule is O=C(C(=O)c1ccccc1-c1cccs1)c1ccccc1. The van der Waals surface area contributed by atoms with Crippen LogP contribution in [0.25, 0.3) is 10.4 Å². The van der Waals surface area contributed by atoms with Gasteiger partial charge in [-0.2, -0.15) is 0 Å². The summed E-state index contributed by atoms with van der Waals surface area (Å²) in [5, 5.41) is 1.95. The van der Waals surface area contributed by atoms with Crippen LogP contribution < -0.4 is 0 Å². The van der Waals surface area contributed by atoms with Crippen LogP contribution in [-0.4, -0.2) is 11.6 Å². The van der Waals surface area contributed by atoms with E-state index in [0.29, 0.717) is 11.1 Å². The molecule has 3 heteroatoms. The molecule has 0 aliphatic heterocycles. The Bertz CT molecular complexity index is 774. The van der Waals surface area contributed by atoms with Crippen molar-refractivity contribution in [3.8, 4) is 10.4 Å². The van der Waals surface area contributed by atoms with E-state index in [0.717, 1.165) is 10.4 Å². The summed E-state index contributed by atoms with van der Waals surface area (Å²) in [6, 6.07) is 19.8. The summed E-state index contributed by atoms with van der Waals surface area (Å²) in [7, 11) is 0. The number of benzene rings is 2. The van der Waals surface area contributed by atoms with Gasteiger partial charge < -0.3 is 0 Å². The first kappa shape index (κ1) is 13.5. The Morgan fingerprint density at radius 1 is 0.714 bits per heavy atom. The van der Waals surface area contributed by atoms with Crippen LogP contribution in [0.3, 0.4) is 0 Å². The zero-order valence-electron chi connectivity index (χ0n) is 11.2. The molecule has 0 bridgehead atoms. The Morgan fingerprint density at radius 2 is 1.43 bits per heavy atom. The number of ketones is 2. The van der Waals surface area contributed by atoms with Gasteiger partial charge in [0.15, 0.2) is 0 Å². The molecule has 0 radical (unpaired) electrons. The fraction of sp³-hybridized carbons (Fsp3) is 0. The minimum atomic E-state index is -0.473. The molecule has 21 heavy (non-hydrogen) atoms. The molecular weight excluding hydrogens is 280 g/mol.